The van der Waals surface area contributed by atoms with Crippen molar-refractivity contribution in [2.75, 3.05) is 37.7 Å². The van der Waals surface area contributed by atoms with E-state index in [0.29, 0.717) is 26.1 Å². The molecule has 0 bridgehead atoms. The molecule has 0 radical (unpaired) electrons. The maximum atomic E-state index is 14.5. The fourth-order valence-electron chi connectivity index (χ4n) is 6.16. The molecule has 2 aliphatic heterocycles. The van der Waals surface area contributed by atoms with Gasteiger partial charge in [0.15, 0.2) is 0 Å². The van der Waals surface area contributed by atoms with Crippen molar-refractivity contribution in [1.29, 1.82) is 0 Å². The molecule has 2 aliphatic rings. The zero-order valence-corrected chi connectivity index (χ0v) is 26.1. The van der Waals surface area contributed by atoms with Crippen LogP contribution >= 0.6 is 0 Å². The van der Waals surface area contributed by atoms with Gasteiger partial charge in [0, 0.05) is 58.0 Å². The molecule has 2 amide bonds. The van der Waals surface area contributed by atoms with Gasteiger partial charge in [0.1, 0.15) is 11.9 Å². The van der Waals surface area contributed by atoms with Crippen LogP contribution in [0.3, 0.4) is 0 Å². The van der Waals surface area contributed by atoms with Gasteiger partial charge in [-0.15, -0.1) is 0 Å². The van der Waals surface area contributed by atoms with Crippen molar-refractivity contribution in [2.45, 2.75) is 38.9 Å². The number of imidazole rings is 1. The molecule has 232 valence electrons. The fraction of sp³-hybridized carbons (Fsp3) is 0.324. The first-order valence-electron chi connectivity index (χ1n) is 15.7. The lowest BCUT2D eigenvalue weighted by Gasteiger charge is -2.37. The van der Waals surface area contributed by atoms with Crippen molar-refractivity contribution in [3.63, 3.8) is 0 Å². The second kappa shape index (κ2) is 13.9. The van der Waals surface area contributed by atoms with Crippen LogP contribution < -0.4 is 4.90 Å². The van der Waals surface area contributed by atoms with E-state index in [1.54, 1.807) is 23.2 Å². The molecule has 0 N–H and O–H groups in total. The third kappa shape index (κ3) is 7.18. The quantitative estimate of drug-likeness (QED) is 0.257. The Morgan fingerprint density at radius 2 is 1.62 bits per heavy atom. The third-order valence-corrected chi connectivity index (χ3v) is 8.98. The van der Waals surface area contributed by atoms with Crippen molar-refractivity contribution in [2.24, 2.45) is 7.05 Å². The van der Waals surface area contributed by atoms with Gasteiger partial charge in [-0.25, -0.2) is 4.98 Å². The van der Waals surface area contributed by atoms with Crippen LogP contribution in [0.1, 0.15) is 33.8 Å². The molecule has 1 atom stereocenters. The number of carbonyl (C=O) groups is 2. The Morgan fingerprint density at radius 1 is 0.911 bits per heavy atom. The summed E-state index contributed by atoms with van der Waals surface area (Å²) in [6.07, 6.45) is 6.35. The monoisotopic (exact) mass is 603 g/mol. The van der Waals surface area contributed by atoms with E-state index in [1.165, 1.54) is 11.1 Å². The zero-order chi connectivity index (χ0) is 31.2. The molecular weight excluding hydrogens is 562 g/mol. The van der Waals surface area contributed by atoms with Crippen molar-refractivity contribution < 1.29 is 14.3 Å². The highest BCUT2D eigenvalue weighted by atomic mass is 16.5. The number of fused-ring (bicyclic) bond motifs is 1. The number of rotatable bonds is 9. The second-order valence-corrected chi connectivity index (χ2v) is 11.8. The van der Waals surface area contributed by atoms with E-state index in [-0.39, 0.29) is 11.8 Å². The van der Waals surface area contributed by atoms with Crippen molar-refractivity contribution in [3.05, 3.63) is 125 Å². The first-order valence-corrected chi connectivity index (χ1v) is 15.7. The van der Waals surface area contributed by atoms with Gasteiger partial charge >= 0.3 is 0 Å². The maximum Gasteiger partial charge on any atom is 0.247 e. The van der Waals surface area contributed by atoms with E-state index >= 15 is 0 Å². The van der Waals surface area contributed by atoms with Gasteiger partial charge < -0.3 is 24.0 Å². The summed E-state index contributed by atoms with van der Waals surface area (Å²) in [7, 11) is 1.93. The number of hydrogen-bond donors (Lipinski definition) is 0. The van der Waals surface area contributed by atoms with Crippen molar-refractivity contribution in [1.82, 2.24) is 19.4 Å². The molecular formula is C37H41N5O3. The molecule has 3 heterocycles. The zero-order valence-electron chi connectivity index (χ0n) is 26.1. The summed E-state index contributed by atoms with van der Waals surface area (Å²) >= 11 is 0. The van der Waals surface area contributed by atoms with E-state index in [0.717, 1.165) is 61.1 Å². The van der Waals surface area contributed by atoms with E-state index in [1.807, 2.05) is 59.8 Å². The Balaban J connectivity index is 1.33. The number of anilines is 1. The topological polar surface area (TPSA) is 70.9 Å². The van der Waals surface area contributed by atoms with E-state index in [2.05, 4.69) is 52.3 Å². The number of amides is 2. The predicted molar refractivity (Wildman–Crippen MR) is 176 cm³/mol. The number of aromatic nitrogens is 2. The number of carbonyl (C=O) groups excluding carboxylic acids is 2. The van der Waals surface area contributed by atoms with E-state index < -0.39 is 6.04 Å². The van der Waals surface area contributed by atoms with Crippen LogP contribution in [0, 0.1) is 6.92 Å². The van der Waals surface area contributed by atoms with E-state index in [4.69, 9.17) is 4.74 Å². The highest BCUT2D eigenvalue weighted by Gasteiger charge is 2.34. The smallest absolute Gasteiger partial charge is 0.247 e. The molecule has 0 aliphatic carbocycles. The highest BCUT2D eigenvalue weighted by Crippen LogP contribution is 2.24. The minimum absolute atomic E-state index is 0.0311. The van der Waals surface area contributed by atoms with Crippen LogP contribution in [0.2, 0.25) is 0 Å². The Bertz CT molecular complexity index is 1640. The summed E-state index contributed by atoms with van der Waals surface area (Å²) in [5.41, 5.74) is 6.40. The molecule has 45 heavy (non-hydrogen) atoms. The van der Waals surface area contributed by atoms with Crippen LogP contribution in [0.4, 0.5) is 5.69 Å². The number of ether oxygens (including phenoxy) is 1. The van der Waals surface area contributed by atoms with Crippen LogP contribution in [-0.2, 0) is 47.3 Å². The lowest BCUT2D eigenvalue weighted by molar-refractivity contribution is -0.144. The molecule has 3 aromatic carbocycles. The molecule has 1 saturated heterocycles. The molecule has 0 spiro atoms. The van der Waals surface area contributed by atoms with Crippen molar-refractivity contribution >= 4 is 23.6 Å². The molecule has 6 rings (SSSR count). The molecule has 1 aromatic heterocycles. The van der Waals surface area contributed by atoms with Crippen molar-refractivity contribution in [3.8, 4) is 0 Å². The fourth-order valence-corrected chi connectivity index (χ4v) is 6.16. The number of nitrogens with zero attached hydrogens (tertiary/aromatic N) is 5. The van der Waals surface area contributed by atoms with Crippen LogP contribution in [-0.4, -0.2) is 70.1 Å². The number of aryl methyl sites for hydroxylation is 1. The minimum Gasteiger partial charge on any atom is -0.378 e. The first kappa shape index (κ1) is 30.3. The van der Waals surface area contributed by atoms with Gasteiger partial charge in [-0.1, -0.05) is 66.7 Å². The van der Waals surface area contributed by atoms with Gasteiger partial charge in [-0.3, -0.25) is 9.59 Å². The number of hydrogen-bond acceptors (Lipinski definition) is 5. The SMILES string of the molecule is Cc1ncc(C=CC(=O)N(Cc2ccc(N3CCOCC3)cc2)C(Cc2ccccc2)C(=O)N2CCc3ccccc3C2)n1C. The largest absolute Gasteiger partial charge is 0.378 e. The van der Waals surface area contributed by atoms with Crippen LogP contribution in [0.25, 0.3) is 6.08 Å². The van der Waals surface area contributed by atoms with Gasteiger partial charge in [-0.05, 0) is 53.8 Å². The third-order valence-electron chi connectivity index (χ3n) is 8.98. The van der Waals surface area contributed by atoms with E-state index in [9.17, 15) is 9.59 Å². The van der Waals surface area contributed by atoms with Gasteiger partial charge in [0.2, 0.25) is 11.8 Å². The number of morpholine rings is 1. The predicted octanol–water partition coefficient (Wildman–Crippen LogP) is 4.80. The molecule has 8 nitrogen and oxygen atoms in total. The van der Waals surface area contributed by atoms with Crippen LogP contribution in [0.15, 0.2) is 91.1 Å². The normalized spacial score (nSPS) is 15.6. The summed E-state index contributed by atoms with van der Waals surface area (Å²) in [6, 6.07) is 26.0. The Labute approximate surface area is 265 Å². The summed E-state index contributed by atoms with van der Waals surface area (Å²) in [5.74, 6) is 0.621. The summed E-state index contributed by atoms with van der Waals surface area (Å²) in [5, 5.41) is 0. The molecule has 4 aromatic rings. The average Bonchev–Trinajstić information content (AvgIpc) is 3.41. The molecule has 1 unspecified atom stereocenters. The maximum absolute atomic E-state index is 14.5. The summed E-state index contributed by atoms with van der Waals surface area (Å²) in [4.78, 5) is 39.1. The lowest BCUT2D eigenvalue weighted by Crippen LogP contribution is -2.52. The van der Waals surface area contributed by atoms with Gasteiger partial charge in [0.05, 0.1) is 25.1 Å². The summed E-state index contributed by atoms with van der Waals surface area (Å²) < 4.78 is 7.46. The summed E-state index contributed by atoms with van der Waals surface area (Å²) in [6.45, 7) is 6.56. The molecule has 0 saturated carbocycles. The second-order valence-electron chi connectivity index (χ2n) is 11.8. The van der Waals surface area contributed by atoms with Crippen LogP contribution in [0.5, 0.6) is 0 Å². The Morgan fingerprint density at radius 3 is 2.33 bits per heavy atom. The standard InChI is InChI=1S/C37H41N5O3/c1-28-38-25-34(39(28)2)16-17-36(43)42(26-30-12-14-33(15-13-30)40-20-22-45-23-21-40)35(24-29-8-4-3-5-9-29)37(44)41-19-18-31-10-6-7-11-32(31)27-41/h3-17,25,35H,18-24,26-27H2,1-2H3. The average molecular weight is 604 g/mol. The molecule has 8 heteroatoms. The minimum atomic E-state index is -0.679. The number of benzene rings is 3. The first-order chi connectivity index (χ1) is 22.0. The highest BCUT2D eigenvalue weighted by molar-refractivity contribution is 5.95. The lowest BCUT2D eigenvalue weighted by atomic mass is 9.97. The Kier molecular flexibility index (Phi) is 9.41. The van der Waals surface area contributed by atoms with Gasteiger partial charge in [0.25, 0.3) is 0 Å². The molecule has 1 fully saturated rings. The Hall–Kier alpha value is -4.69. The van der Waals surface area contributed by atoms with Gasteiger partial charge in [-0.2, -0.15) is 0 Å².